The van der Waals surface area contributed by atoms with Gasteiger partial charge in [0.15, 0.2) is 0 Å². The maximum atomic E-state index is 11.0. The van der Waals surface area contributed by atoms with E-state index in [2.05, 4.69) is 10.1 Å². The highest BCUT2D eigenvalue weighted by Crippen LogP contribution is 2.30. The summed E-state index contributed by atoms with van der Waals surface area (Å²) >= 11 is 0. The molecule has 1 heterocycles. The molecule has 4 nitrogen and oxygen atoms in total. The topological polar surface area (TPSA) is 58.6 Å². The van der Waals surface area contributed by atoms with Crippen LogP contribution in [-0.4, -0.2) is 31.3 Å². The number of methoxy groups -OCH3 is 1. The number of carbonyl (C=O) groups excluding carboxylic acids is 1. The van der Waals surface area contributed by atoms with Crippen LogP contribution in [0.25, 0.3) is 6.08 Å². The predicted molar refractivity (Wildman–Crippen MR) is 78.1 cm³/mol. The Kier molecular flexibility index (Phi) is 4.93. The molecule has 2 rings (SSSR count). The van der Waals surface area contributed by atoms with Crippen molar-refractivity contribution in [3.63, 3.8) is 0 Å². The Morgan fingerprint density at radius 3 is 2.60 bits per heavy atom. The quantitative estimate of drug-likeness (QED) is 0.823. The lowest BCUT2D eigenvalue weighted by Crippen LogP contribution is -2.39. The van der Waals surface area contributed by atoms with E-state index in [1.54, 1.807) is 6.08 Å². The van der Waals surface area contributed by atoms with Gasteiger partial charge in [0.2, 0.25) is 0 Å². The summed E-state index contributed by atoms with van der Waals surface area (Å²) in [7, 11) is 1.38. The summed E-state index contributed by atoms with van der Waals surface area (Å²) in [5, 5.41) is 13.8. The van der Waals surface area contributed by atoms with Crippen molar-refractivity contribution < 1.29 is 14.6 Å². The molecule has 4 heteroatoms. The van der Waals surface area contributed by atoms with E-state index in [1.807, 2.05) is 30.3 Å². The minimum atomic E-state index is -0.709. The van der Waals surface area contributed by atoms with Crippen molar-refractivity contribution in [3.05, 3.63) is 41.5 Å². The number of ether oxygens (including phenoxy) is 1. The highest BCUT2D eigenvalue weighted by Gasteiger charge is 2.30. The predicted octanol–water partition coefficient (Wildman–Crippen LogP) is 1.83. The number of esters is 1. The molecule has 1 saturated heterocycles. The number of hydrogen-bond donors (Lipinski definition) is 2. The smallest absolute Gasteiger partial charge is 0.309 e. The highest BCUT2D eigenvalue weighted by atomic mass is 16.5. The van der Waals surface area contributed by atoms with Crippen LogP contribution < -0.4 is 5.32 Å². The Balaban J connectivity index is 2.00. The lowest BCUT2D eigenvalue weighted by Gasteiger charge is -2.33. The second-order valence-electron chi connectivity index (χ2n) is 5.09. The normalized spacial score (nSPS) is 18.1. The van der Waals surface area contributed by atoms with Crippen LogP contribution in [0.3, 0.4) is 0 Å². The van der Waals surface area contributed by atoms with Crippen molar-refractivity contribution in [2.45, 2.75) is 24.9 Å². The van der Waals surface area contributed by atoms with Crippen LogP contribution >= 0.6 is 0 Å². The number of benzene rings is 1. The van der Waals surface area contributed by atoms with E-state index in [-0.39, 0.29) is 12.4 Å². The van der Waals surface area contributed by atoms with Crippen LogP contribution in [0, 0.1) is 0 Å². The zero-order valence-corrected chi connectivity index (χ0v) is 11.8. The molecule has 0 unspecified atom stereocenters. The molecule has 0 radical (unpaired) electrons. The van der Waals surface area contributed by atoms with Gasteiger partial charge in [0, 0.05) is 0 Å². The van der Waals surface area contributed by atoms with Crippen LogP contribution in [0.2, 0.25) is 0 Å². The van der Waals surface area contributed by atoms with Crippen molar-refractivity contribution in [2.24, 2.45) is 0 Å². The van der Waals surface area contributed by atoms with Gasteiger partial charge >= 0.3 is 5.97 Å². The number of piperidine rings is 1. The molecule has 0 aromatic heterocycles. The lowest BCUT2D eigenvalue weighted by molar-refractivity contribution is -0.139. The molecular formula is C16H21NO3. The Bertz CT molecular complexity index is 473. The molecule has 0 spiro atoms. The molecule has 1 aromatic rings. The molecule has 20 heavy (non-hydrogen) atoms. The van der Waals surface area contributed by atoms with Gasteiger partial charge in [-0.3, -0.25) is 4.79 Å². The number of aliphatic hydroxyl groups is 1. The largest absolute Gasteiger partial charge is 0.469 e. The molecule has 0 bridgehead atoms. The highest BCUT2D eigenvalue weighted by molar-refractivity contribution is 5.72. The van der Waals surface area contributed by atoms with E-state index in [9.17, 15) is 9.90 Å². The van der Waals surface area contributed by atoms with Crippen LogP contribution in [0.5, 0.6) is 0 Å². The van der Waals surface area contributed by atoms with E-state index in [1.165, 1.54) is 7.11 Å². The average Bonchev–Trinajstić information content (AvgIpc) is 2.48. The van der Waals surface area contributed by atoms with Gasteiger partial charge in [0.05, 0.1) is 19.1 Å². The molecule has 1 aliphatic heterocycles. The maximum absolute atomic E-state index is 11.0. The lowest BCUT2D eigenvalue weighted by atomic mass is 9.85. The van der Waals surface area contributed by atoms with Crippen LogP contribution in [0.1, 0.15) is 30.4 Å². The van der Waals surface area contributed by atoms with Crippen molar-refractivity contribution in [2.75, 3.05) is 20.2 Å². The molecule has 1 fully saturated rings. The van der Waals surface area contributed by atoms with Crippen molar-refractivity contribution in [3.8, 4) is 0 Å². The van der Waals surface area contributed by atoms with Crippen LogP contribution in [0.15, 0.2) is 30.3 Å². The third-order valence-corrected chi connectivity index (χ3v) is 3.70. The number of rotatable bonds is 4. The van der Waals surface area contributed by atoms with E-state index in [0.29, 0.717) is 0 Å². The summed E-state index contributed by atoms with van der Waals surface area (Å²) in [4.78, 5) is 11.0. The maximum Gasteiger partial charge on any atom is 0.309 e. The number of hydrogen-bond acceptors (Lipinski definition) is 4. The number of nitrogens with one attached hydrogen (secondary N) is 1. The van der Waals surface area contributed by atoms with Crippen LogP contribution in [-0.2, 0) is 15.1 Å². The summed E-state index contributed by atoms with van der Waals surface area (Å²) in [6.07, 6.45) is 5.41. The summed E-state index contributed by atoms with van der Waals surface area (Å²) in [6.45, 7) is 1.69. The first-order valence-electron chi connectivity index (χ1n) is 6.91. The first kappa shape index (κ1) is 14.8. The van der Waals surface area contributed by atoms with Gasteiger partial charge in [-0.05, 0) is 37.1 Å². The number of carbonyl (C=O) groups is 1. The van der Waals surface area contributed by atoms with Crippen molar-refractivity contribution >= 4 is 12.0 Å². The van der Waals surface area contributed by atoms with Gasteiger partial charge in [0.25, 0.3) is 0 Å². The van der Waals surface area contributed by atoms with Gasteiger partial charge in [-0.15, -0.1) is 0 Å². The van der Waals surface area contributed by atoms with Gasteiger partial charge < -0.3 is 15.2 Å². The SMILES string of the molecule is COC(=O)CC=Cc1ccc(C2(O)CCNCC2)cc1. The molecule has 1 aliphatic rings. The molecule has 0 atom stereocenters. The molecule has 0 aliphatic carbocycles. The van der Waals surface area contributed by atoms with Crippen molar-refractivity contribution in [1.29, 1.82) is 0 Å². The van der Waals surface area contributed by atoms with Gasteiger partial charge in [-0.2, -0.15) is 0 Å². The second-order valence-corrected chi connectivity index (χ2v) is 5.09. The molecule has 0 saturated carbocycles. The van der Waals surface area contributed by atoms with Gasteiger partial charge in [-0.25, -0.2) is 0 Å². The third kappa shape index (κ3) is 3.68. The summed E-state index contributed by atoms with van der Waals surface area (Å²) < 4.78 is 4.57. The molecule has 108 valence electrons. The fraction of sp³-hybridized carbons (Fsp3) is 0.438. The minimum Gasteiger partial charge on any atom is -0.469 e. The molecule has 0 amide bonds. The molecule has 2 N–H and O–H groups in total. The first-order chi connectivity index (χ1) is 9.64. The summed E-state index contributed by atoms with van der Waals surface area (Å²) in [5.74, 6) is -0.248. The second kappa shape index (κ2) is 6.68. The Morgan fingerprint density at radius 2 is 2.00 bits per heavy atom. The monoisotopic (exact) mass is 275 g/mol. The van der Waals surface area contributed by atoms with E-state index in [4.69, 9.17) is 0 Å². The fourth-order valence-electron chi connectivity index (χ4n) is 2.41. The Hall–Kier alpha value is -1.65. The summed E-state index contributed by atoms with van der Waals surface area (Å²) in [5.41, 5.74) is 1.26. The fourth-order valence-corrected chi connectivity index (χ4v) is 2.41. The Labute approximate surface area is 119 Å². The summed E-state index contributed by atoms with van der Waals surface area (Å²) in [6, 6.07) is 7.85. The van der Waals surface area contributed by atoms with Crippen molar-refractivity contribution in [1.82, 2.24) is 5.32 Å². The van der Waals surface area contributed by atoms with Gasteiger partial charge in [0.1, 0.15) is 0 Å². The Morgan fingerprint density at radius 1 is 1.35 bits per heavy atom. The standard InChI is InChI=1S/C16H21NO3/c1-20-15(18)4-2-3-13-5-7-14(8-6-13)16(19)9-11-17-12-10-16/h2-3,5-8,17,19H,4,9-12H2,1H3. The van der Waals surface area contributed by atoms with E-state index in [0.717, 1.165) is 37.1 Å². The molecule has 1 aromatic carbocycles. The van der Waals surface area contributed by atoms with Gasteiger partial charge in [-0.1, -0.05) is 36.4 Å². The minimum absolute atomic E-state index is 0.248. The first-order valence-corrected chi connectivity index (χ1v) is 6.91. The third-order valence-electron chi connectivity index (χ3n) is 3.70. The zero-order chi connectivity index (χ0) is 14.4. The van der Waals surface area contributed by atoms with E-state index >= 15 is 0 Å². The molecular weight excluding hydrogens is 254 g/mol. The average molecular weight is 275 g/mol. The van der Waals surface area contributed by atoms with E-state index < -0.39 is 5.60 Å². The van der Waals surface area contributed by atoms with Crippen LogP contribution in [0.4, 0.5) is 0 Å². The zero-order valence-electron chi connectivity index (χ0n) is 11.8.